The fraction of sp³-hybridized carbons (Fsp3) is 0.400. The molecule has 1 aromatic rings. The van der Waals surface area contributed by atoms with Crippen molar-refractivity contribution in [1.82, 2.24) is 10.3 Å². The van der Waals surface area contributed by atoms with Crippen LogP contribution in [0.4, 0.5) is 0 Å². The first-order valence-corrected chi connectivity index (χ1v) is 4.57. The molecule has 4 heteroatoms. The summed E-state index contributed by atoms with van der Waals surface area (Å²) in [6, 6.07) is 1.54. The quantitative estimate of drug-likeness (QED) is 0.656. The van der Waals surface area contributed by atoms with Crippen LogP contribution in [0, 0.1) is 0 Å². The van der Waals surface area contributed by atoms with Crippen LogP contribution >= 0.6 is 0 Å². The lowest BCUT2D eigenvalue weighted by Gasteiger charge is -2.24. The Labute approximate surface area is 82.3 Å². The summed E-state index contributed by atoms with van der Waals surface area (Å²) in [6.45, 7) is 0.790. The van der Waals surface area contributed by atoms with Gasteiger partial charge in [-0.3, -0.25) is 4.98 Å². The fourth-order valence-corrected chi connectivity index (χ4v) is 1.72. The molecule has 2 heterocycles. The van der Waals surface area contributed by atoms with Gasteiger partial charge in [-0.25, -0.2) is 4.79 Å². The number of hydrogen-bond donors (Lipinski definition) is 1. The molecule has 1 aromatic heterocycles. The number of pyridine rings is 1. The molecule has 1 aliphatic rings. The molecule has 1 atom stereocenters. The lowest BCUT2D eigenvalue weighted by atomic mass is 9.96. The van der Waals surface area contributed by atoms with Gasteiger partial charge < -0.3 is 10.1 Å². The van der Waals surface area contributed by atoms with Crippen LogP contribution in [0.25, 0.3) is 0 Å². The van der Waals surface area contributed by atoms with Gasteiger partial charge in [0.15, 0.2) is 0 Å². The number of methoxy groups -OCH3 is 1. The molecule has 0 amide bonds. The van der Waals surface area contributed by atoms with Crippen molar-refractivity contribution in [2.24, 2.45) is 0 Å². The zero-order chi connectivity index (χ0) is 9.97. The molecule has 0 spiro atoms. The molecule has 74 valence electrons. The number of fused-ring (bicyclic) bond motifs is 1. The average Bonchev–Trinajstić information content (AvgIpc) is 2.27. The fourth-order valence-electron chi connectivity index (χ4n) is 1.72. The van der Waals surface area contributed by atoms with Crippen molar-refractivity contribution in [3.8, 4) is 0 Å². The predicted octanol–water partition coefficient (Wildman–Crippen LogP) is 0.441. The number of carbonyl (C=O) groups excluding carboxylic acids is 1. The first-order chi connectivity index (χ1) is 6.83. The van der Waals surface area contributed by atoms with Crippen molar-refractivity contribution in [2.75, 3.05) is 13.7 Å². The number of hydrogen-bond acceptors (Lipinski definition) is 4. The molecule has 0 fully saturated rings. The van der Waals surface area contributed by atoms with E-state index in [1.165, 1.54) is 7.11 Å². The number of nitrogens with zero attached hydrogens (tertiary/aromatic N) is 1. The normalized spacial score (nSPS) is 19.9. The maximum Gasteiger partial charge on any atom is 0.327 e. The summed E-state index contributed by atoms with van der Waals surface area (Å²) in [6.07, 6.45) is 4.42. The molecular formula is C10H12N2O2. The van der Waals surface area contributed by atoms with Crippen molar-refractivity contribution in [1.29, 1.82) is 0 Å². The van der Waals surface area contributed by atoms with Crippen LogP contribution in [0.15, 0.2) is 18.5 Å². The second kappa shape index (κ2) is 3.75. The van der Waals surface area contributed by atoms with E-state index in [0.29, 0.717) is 0 Å². The predicted molar refractivity (Wildman–Crippen MR) is 50.7 cm³/mol. The van der Waals surface area contributed by atoms with Gasteiger partial charge in [0.25, 0.3) is 0 Å². The van der Waals surface area contributed by atoms with Crippen LogP contribution in [-0.2, 0) is 16.0 Å². The van der Waals surface area contributed by atoms with Gasteiger partial charge in [0, 0.05) is 18.9 Å². The minimum absolute atomic E-state index is 0.239. The first-order valence-electron chi connectivity index (χ1n) is 4.57. The van der Waals surface area contributed by atoms with Crippen molar-refractivity contribution in [3.63, 3.8) is 0 Å². The van der Waals surface area contributed by atoms with Gasteiger partial charge in [-0.15, -0.1) is 0 Å². The zero-order valence-electron chi connectivity index (χ0n) is 7.99. The summed E-state index contributed by atoms with van der Waals surface area (Å²) in [5, 5.41) is 3.12. The summed E-state index contributed by atoms with van der Waals surface area (Å²) in [5.74, 6) is -0.239. The van der Waals surface area contributed by atoms with Gasteiger partial charge in [0.2, 0.25) is 0 Å². The Bertz CT molecular complexity index is 352. The number of rotatable bonds is 1. The Morgan fingerprint density at radius 2 is 2.57 bits per heavy atom. The molecule has 14 heavy (non-hydrogen) atoms. The number of aromatic nitrogens is 1. The average molecular weight is 192 g/mol. The third kappa shape index (κ3) is 1.48. The molecule has 0 aliphatic carbocycles. The molecule has 4 nitrogen and oxygen atoms in total. The third-order valence-corrected chi connectivity index (χ3v) is 2.43. The monoisotopic (exact) mass is 192 g/mol. The number of ether oxygens (including phenoxy) is 1. The van der Waals surface area contributed by atoms with Crippen LogP contribution < -0.4 is 5.32 Å². The zero-order valence-corrected chi connectivity index (χ0v) is 7.99. The summed E-state index contributed by atoms with van der Waals surface area (Å²) in [5.41, 5.74) is 2.11. The SMILES string of the molecule is COC(=O)C1NCCc2cnccc21. The molecule has 0 saturated heterocycles. The smallest absolute Gasteiger partial charge is 0.327 e. The van der Waals surface area contributed by atoms with Crippen molar-refractivity contribution >= 4 is 5.97 Å². The molecule has 0 saturated carbocycles. The Balaban J connectivity index is 2.35. The van der Waals surface area contributed by atoms with E-state index in [1.807, 2.05) is 12.3 Å². The topological polar surface area (TPSA) is 51.2 Å². The lowest BCUT2D eigenvalue weighted by Crippen LogP contribution is -2.35. The van der Waals surface area contributed by atoms with Crippen molar-refractivity contribution in [3.05, 3.63) is 29.6 Å². The van der Waals surface area contributed by atoms with Gasteiger partial charge in [-0.1, -0.05) is 0 Å². The molecule has 1 N–H and O–H groups in total. The van der Waals surface area contributed by atoms with E-state index >= 15 is 0 Å². The van der Waals surface area contributed by atoms with E-state index in [4.69, 9.17) is 4.74 Å². The van der Waals surface area contributed by atoms with Crippen LogP contribution in [0.3, 0.4) is 0 Å². The number of esters is 1. The Morgan fingerprint density at radius 3 is 3.36 bits per heavy atom. The minimum atomic E-state index is -0.327. The van der Waals surface area contributed by atoms with E-state index in [2.05, 4.69) is 10.3 Å². The maximum atomic E-state index is 11.4. The van der Waals surface area contributed by atoms with E-state index < -0.39 is 0 Å². The summed E-state index contributed by atoms with van der Waals surface area (Å²) in [4.78, 5) is 15.5. The highest BCUT2D eigenvalue weighted by atomic mass is 16.5. The molecule has 1 aliphatic heterocycles. The van der Waals surface area contributed by atoms with E-state index in [1.54, 1.807) is 6.20 Å². The number of carbonyl (C=O) groups is 1. The van der Waals surface area contributed by atoms with Crippen molar-refractivity contribution < 1.29 is 9.53 Å². The van der Waals surface area contributed by atoms with Gasteiger partial charge in [0.05, 0.1) is 7.11 Å². The summed E-state index contributed by atoms with van der Waals surface area (Å²) in [7, 11) is 1.40. The van der Waals surface area contributed by atoms with E-state index in [0.717, 1.165) is 24.1 Å². The third-order valence-electron chi connectivity index (χ3n) is 2.43. The molecule has 0 radical (unpaired) electrons. The number of nitrogens with one attached hydrogen (secondary N) is 1. The Hall–Kier alpha value is -1.42. The van der Waals surface area contributed by atoms with Gasteiger partial charge in [0.1, 0.15) is 6.04 Å². The Morgan fingerprint density at radius 1 is 1.71 bits per heavy atom. The lowest BCUT2D eigenvalue weighted by molar-refractivity contribution is -0.143. The van der Waals surface area contributed by atoms with Crippen LogP contribution in [0.1, 0.15) is 17.2 Å². The molecule has 0 aromatic carbocycles. The standard InChI is InChI=1S/C10H12N2O2/c1-14-10(13)9-8-3-4-11-6-7(8)2-5-12-9/h3-4,6,9,12H,2,5H2,1H3. The highest BCUT2D eigenvalue weighted by Gasteiger charge is 2.26. The van der Waals surface area contributed by atoms with Crippen LogP contribution in [0.2, 0.25) is 0 Å². The van der Waals surface area contributed by atoms with Crippen LogP contribution in [0.5, 0.6) is 0 Å². The highest BCUT2D eigenvalue weighted by molar-refractivity contribution is 5.78. The second-order valence-corrected chi connectivity index (χ2v) is 3.23. The summed E-state index contributed by atoms with van der Waals surface area (Å²) >= 11 is 0. The summed E-state index contributed by atoms with van der Waals surface area (Å²) < 4.78 is 4.72. The highest BCUT2D eigenvalue weighted by Crippen LogP contribution is 2.22. The van der Waals surface area contributed by atoms with Crippen molar-refractivity contribution in [2.45, 2.75) is 12.5 Å². The minimum Gasteiger partial charge on any atom is -0.468 e. The first kappa shape index (κ1) is 9.15. The molecule has 1 unspecified atom stereocenters. The van der Waals surface area contributed by atoms with Crippen LogP contribution in [-0.4, -0.2) is 24.6 Å². The van der Waals surface area contributed by atoms with Gasteiger partial charge in [-0.2, -0.15) is 0 Å². The van der Waals surface area contributed by atoms with E-state index in [-0.39, 0.29) is 12.0 Å². The Kier molecular flexibility index (Phi) is 2.45. The largest absolute Gasteiger partial charge is 0.468 e. The molecular weight excluding hydrogens is 180 g/mol. The second-order valence-electron chi connectivity index (χ2n) is 3.23. The van der Waals surface area contributed by atoms with Gasteiger partial charge in [-0.05, 0) is 23.6 Å². The van der Waals surface area contributed by atoms with E-state index in [9.17, 15) is 4.79 Å². The molecule has 2 rings (SSSR count). The molecule has 0 bridgehead atoms. The maximum absolute atomic E-state index is 11.4. The van der Waals surface area contributed by atoms with Gasteiger partial charge >= 0.3 is 5.97 Å².